The number of methoxy groups -OCH3 is 1. The summed E-state index contributed by atoms with van der Waals surface area (Å²) in [7, 11) is 1.58. The summed E-state index contributed by atoms with van der Waals surface area (Å²) >= 11 is 0. The van der Waals surface area contributed by atoms with Crippen molar-refractivity contribution in [1.29, 1.82) is 0 Å². The quantitative estimate of drug-likeness (QED) is 0.360. The molecule has 216 valence electrons. The minimum atomic E-state index is -0.654. The van der Waals surface area contributed by atoms with E-state index in [4.69, 9.17) is 9.57 Å². The van der Waals surface area contributed by atoms with Crippen LogP contribution >= 0.6 is 0 Å². The number of hydroxylamine groups is 1. The standard InChI is InChI=1S/C29H33F2N7O3/c1-4-29(39)35-22-15-23(26(40-3)16-25(22)37-9-7-36(5-2)8-10-37)34-27-17-28(33-18-32-27)38-24(6-11-41-38)19-12-20(30)14-21(31)13-19/h4,12-18,24H,1,5-11H2,2-3H3,(H,35,39)(H,32,33,34)/t24-/m1/s1. The van der Waals surface area contributed by atoms with Gasteiger partial charge in [0.05, 0.1) is 36.8 Å². The molecule has 1 amide bonds. The summed E-state index contributed by atoms with van der Waals surface area (Å²) in [4.78, 5) is 31.4. The minimum absolute atomic E-state index is 0.329. The number of carbonyl (C=O) groups is 1. The number of likely N-dealkylation sites (N-methyl/N-ethyl adjacent to an activating group) is 1. The van der Waals surface area contributed by atoms with Crippen LogP contribution in [0.15, 0.2) is 55.4 Å². The van der Waals surface area contributed by atoms with Crippen LogP contribution in [0.3, 0.4) is 0 Å². The number of ether oxygens (including phenoxy) is 1. The molecule has 0 aliphatic carbocycles. The predicted octanol–water partition coefficient (Wildman–Crippen LogP) is 4.66. The summed E-state index contributed by atoms with van der Waals surface area (Å²) < 4.78 is 33.6. The number of benzene rings is 2. The largest absolute Gasteiger partial charge is 0.494 e. The van der Waals surface area contributed by atoms with E-state index in [0.29, 0.717) is 47.4 Å². The van der Waals surface area contributed by atoms with E-state index in [1.54, 1.807) is 19.2 Å². The van der Waals surface area contributed by atoms with Gasteiger partial charge in [0.2, 0.25) is 5.91 Å². The van der Waals surface area contributed by atoms with Crippen LogP contribution < -0.4 is 25.3 Å². The topological polar surface area (TPSA) is 95.1 Å². The van der Waals surface area contributed by atoms with Crippen molar-refractivity contribution in [1.82, 2.24) is 14.9 Å². The van der Waals surface area contributed by atoms with Gasteiger partial charge in [0.1, 0.15) is 29.5 Å². The molecule has 5 rings (SSSR count). The first-order valence-electron chi connectivity index (χ1n) is 13.5. The van der Waals surface area contributed by atoms with Crippen LogP contribution in [-0.2, 0) is 9.63 Å². The molecule has 10 nitrogen and oxygen atoms in total. The molecule has 0 radical (unpaired) electrons. The molecule has 2 fully saturated rings. The molecular weight excluding hydrogens is 532 g/mol. The van der Waals surface area contributed by atoms with Crippen LogP contribution in [0.2, 0.25) is 0 Å². The van der Waals surface area contributed by atoms with Gasteiger partial charge < -0.3 is 25.2 Å². The highest BCUT2D eigenvalue weighted by atomic mass is 19.1. The minimum Gasteiger partial charge on any atom is -0.494 e. The van der Waals surface area contributed by atoms with E-state index in [0.717, 1.165) is 44.5 Å². The van der Waals surface area contributed by atoms with Gasteiger partial charge in [-0.2, -0.15) is 0 Å². The SMILES string of the molecule is C=CC(=O)Nc1cc(Nc2cc(N3OCC[C@@H]3c3cc(F)cc(F)c3)ncn2)c(OC)cc1N1CCN(CC)CC1. The highest BCUT2D eigenvalue weighted by Crippen LogP contribution is 2.40. The van der Waals surface area contributed by atoms with Crippen LogP contribution in [0.4, 0.5) is 37.5 Å². The van der Waals surface area contributed by atoms with Crippen molar-refractivity contribution in [3.8, 4) is 5.75 Å². The molecule has 1 aromatic heterocycles. The zero-order valence-electron chi connectivity index (χ0n) is 23.1. The van der Waals surface area contributed by atoms with E-state index >= 15 is 0 Å². The molecular formula is C29H33F2N7O3. The third-order valence-electron chi connectivity index (χ3n) is 7.24. The van der Waals surface area contributed by atoms with Crippen molar-refractivity contribution in [3.05, 3.63) is 72.6 Å². The fourth-order valence-electron chi connectivity index (χ4n) is 5.13. The highest BCUT2D eigenvalue weighted by Gasteiger charge is 2.30. The molecule has 3 aromatic rings. The van der Waals surface area contributed by atoms with Crippen molar-refractivity contribution in [2.45, 2.75) is 19.4 Å². The lowest BCUT2D eigenvalue weighted by Gasteiger charge is -2.36. The second kappa shape index (κ2) is 12.5. The molecule has 2 aliphatic rings. The van der Waals surface area contributed by atoms with E-state index in [1.165, 1.54) is 29.6 Å². The number of nitrogens with one attached hydrogen (secondary N) is 2. The summed E-state index contributed by atoms with van der Waals surface area (Å²) in [5.41, 5.74) is 2.47. The molecule has 2 aromatic carbocycles. The Morgan fingerprint density at radius 2 is 1.85 bits per heavy atom. The van der Waals surface area contributed by atoms with Crippen molar-refractivity contribution in [3.63, 3.8) is 0 Å². The lowest BCUT2D eigenvalue weighted by atomic mass is 10.0. The number of piperazine rings is 1. The zero-order valence-corrected chi connectivity index (χ0v) is 23.1. The lowest BCUT2D eigenvalue weighted by Crippen LogP contribution is -2.46. The number of anilines is 5. The Kier molecular flexibility index (Phi) is 8.60. The van der Waals surface area contributed by atoms with Crippen molar-refractivity contribution in [2.24, 2.45) is 0 Å². The van der Waals surface area contributed by atoms with Gasteiger partial charge in [-0.15, -0.1) is 0 Å². The molecule has 0 bridgehead atoms. The van der Waals surface area contributed by atoms with Gasteiger partial charge in [0, 0.05) is 50.8 Å². The molecule has 0 spiro atoms. The van der Waals surface area contributed by atoms with Crippen LogP contribution in [0.25, 0.3) is 0 Å². The average molecular weight is 566 g/mol. The molecule has 1 atom stereocenters. The maximum absolute atomic E-state index is 13.9. The third-order valence-corrected chi connectivity index (χ3v) is 7.24. The molecule has 41 heavy (non-hydrogen) atoms. The Morgan fingerprint density at radius 1 is 1.10 bits per heavy atom. The molecule has 0 saturated carbocycles. The first-order chi connectivity index (χ1) is 19.9. The Bertz CT molecular complexity index is 1390. The Balaban J connectivity index is 1.43. The van der Waals surface area contributed by atoms with E-state index in [-0.39, 0.29) is 5.91 Å². The number of rotatable bonds is 9. The van der Waals surface area contributed by atoms with E-state index in [1.807, 2.05) is 6.07 Å². The van der Waals surface area contributed by atoms with Crippen LogP contribution in [0.1, 0.15) is 24.9 Å². The van der Waals surface area contributed by atoms with Crippen LogP contribution in [-0.4, -0.2) is 67.2 Å². The summed E-state index contributed by atoms with van der Waals surface area (Å²) in [6.45, 7) is 10.5. The molecule has 0 unspecified atom stereocenters. The van der Waals surface area contributed by atoms with Gasteiger partial charge in [-0.1, -0.05) is 13.5 Å². The maximum Gasteiger partial charge on any atom is 0.247 e. The second-order valence-corrected chi connectivity index (χ2v) is 9.74. The number of carbonyl (C=O) groups excluding carboxylic acids is 1. The van der Waals surface area contributed by atoms with Gasteiger partial charge in [0.15, 0.2) is 5.82 Å². The van der Waals surface area contributed by atoms with E-state index in [9.17, 15) is 13.6 Å². The monoisotopic (exact) mass is 565 g/mol. The third kappa shape index (κ3) is 6.39. The smallest absolute Gasteiger partial charge is 0.247 e. The highest BCUT2D eigenvalue weighted by molar-refractivity contribution is 6.02. The number of amides is 1. The first kappa shape index (κ1) is 28.2. The molecule has 2 aliphatic heterocycles. The lowest BCUT2D eigenvalue weighted by molar-refractivity contribution is -0.111. The summed E-state index contributed by atoms with van der Waals surface area (Å²) in [6, 6.07) is 8.37. The maximum atomic E-state index is 13.9. The van der Waals surface area contributed by atoms with Crippen LogP contribution in [0, 0.1) is 11.6 Å². The Hall–Kier alpha value is -4.29. The van der Waals surface area contributed by atoms with Gasteiger partial charge in [-0.3, -0.25) is 9.63 Å². The first-order valence-corrected chi connectivity index (χ1v) is 13.5. The van der Waals surface area contributed by atoms with Gasteiger partial charge >= 0.3 is 0 Å². The number of hydrogen-bond acceptors (Lipinski definition) is 9. The Morgan fingerprint density at radius 3 is 2.54 bits per heavy atom. The van der Waals surface area contributed by atoms with Gasteiger partial charge in [-0.05, 0) is 36.4 Å². The fraction of sp³-hybridized carbons (Fsp3) is 0.345. The summed E-state index contributed by atoms with van der Waals surface area (Å²) in [5, 5.41) is 7.71. The van der Waals surface area contributed by atoms with Crippen molar-refractivity contribution in [2.75, 3.05) is 67.0 Å². The second-order valence-electron chi connectivity index (χ2n) is 9.74. The van der Waals surface area contributed by atoms with Crippen LogP contribution in [0.5, 0.6) is 5.75 Å². The number of nitrogens with zero attached hydrogens (tertiary/aromatic N) is 5. The zero-order chi connectivity index (χ0) is 28.9. The number of halogens is 2. The fourth-order valence-corrected chi connectivity index (χ4v) is 5.13. The van der Waals surface area contributed by atoms with Crippen molar-refractivity contribution < 1.29 is 23.1 Å². The molecule has 2 N–H and O–H groups in total. The summed E-state index contributed by atoms with van der Waals surface area (Å²) in [5.74, 6) is -0.235. The number of aromatic nitrogens is 2. The number of hydrogen-bond donors (Lipinski definition) is 2. The van der Waals surface area contributed by atoms with E-state index in [2.05, 4.69) is 43.9 Å². The predicted molar refractivity (Wildman–Crippen MR) is 154 cm³/mol. The molecule has 2 saturated heterocycles. The normalized spacial score (nSPS) is 17.4. The van der Waals surface area contributed by atoms with E-state index < -0.39 is 17.7 Å². The summed E-state index contributed by atoms with van der Waals surface area (Å²) in [6.07, 6.45) is 3.13. The molecule has 12 heteroatoms. The van der Waals surface area contributed by atoms with Crippen molar-refractivity contribution >= 4 is 34.6 Å². The van der Waals surface area contributed by atoms with Gasteiger partial charge in [0.25, 0.3) is 0 Å². The molecule has 3 heterocycles. The average Bonchev–Trinajstić information content (AvgIpc) is 3.47. The Labute approximate surface area is 237 Å². The van der Waals surface area contributed by atoms with Gasteiger partial charge in [-0.25, -0.2) is 23.8 Å².